The zero-order valence-electron chi connectivity index (χ0n) is 12.7. The number of rotatable bonds is 9. The summed E-state index contributed by atoms with van der Waals surface area (Å²) in [4.78, 5) is 11.1. The van der Waals surface area contributed by atoms with Crippen LogP contribution in [0, 0.1) is 11.8 Å². The molecule has 0 spiro atoms. The fourth-order valence-electron chi connectivity index (χ4n) is 2.91. The van der Waals surface area contributed by atoms with E-state index in [4.69, 9.17) is 4.74 Å². The largest absolute Gasteiger partial charge is 0.466 e. The molecule has 112 valence electrons. The Morgan fingerprint density at radius 2 is 2.00 bits per heavy atom. The Morgan fingerprint density at radius 3 is 2.74 bits per heavy atom. The number of nitrogens with one attached hydrogen (secondary N) is 1. The molecule has 19 heavy (non-hydrogen) atoms. The number of ether oxygens (including phenoxy) is 1. The quantitative estimate of drug-likeness (QED) is 0.514. The zero-order valence-corrected chi connectivity index (χ0v) is 12.7. The van der Waals surface area contributed by atoms with E-state index in [1.54, 1.807) is 0 Å². The fourth-order valence-corrected chi connectivity index (χ4v) is 2.91. The average molecular weight is 269 g/mol. The van der Waals surface area contributed by atoms with Gasteiger partial charge in [0.25, 0.3) is 0 Å². The van der Waals surface area contributed by atoms with Crippen LogP contribution < -0.4 is 5.32 Å². The van der Waals surface area contributed by atoms with Gasteiger partial charge in [-0.1, -0.05) is 32.6 Å². The van der Waals surface area contributed by atoms with Gasteiger partial charge in [0.05, 0.1) is 6.61 Å². The fraction of sp³-hybridized carbons (Fsp3) is 0.938. The van der Waals surface area contributed by atoms with Crippen molar-refractivity contribution < 1.29 is 9.53 Å². The number of unbranched alkanes of at least 4 members (excludes halogenated alkanes) is 2. The van der Waals surface area contributed by atoms with Crippen LogP contribution in [0.3, 0.4) is 0 Å². The van der Waals surface area contributed by atoms with Crippen LogP contribution in [0.15, 0.2) is 0 Å². The molecule has 0 saturated heterocycles. The third kappa shape index (κ3) is 7.56. The topological polar surface area (TPSA) is 38.3 Å². The SMILES string of the molecule is CCOC(=O)CCCCCNCC1CCCCC1C. The molecule has 2 unspecified atom stereocenters. The Kier molecular flexibility index (Phi) is 8.89. The van der Waals surface area contributed by atoms with Crippen molar-refractivity contribution in [1.29, 1.82) is 0 Å². The molecule has 1 N–H and O–H groups in total. The van der Waals surface area contributed by atoms with Crippen molar-refractivity contribution in [3.8, 4) is 0 Å². The highest BCUT2D eigenvalue weighted by molar-refractivity contribution is 5.69. The molecule has 0 radical (unpaired) electrons. The molecule has 1 fully saturated rings. The summed E-state index contributed by atoms with van der Waals surface area (Å²) in [5.74, 6) is 1.73. The molecule has 1 aliphatic rings. The Labute approximate surface area is 118 Å². The van der Waals surface area contributed by atoms with E-state index in [1.807, 2.05) is 6.92 Å². The number of esters is 1. The second-order valence-electron chi connectivity index (χ2n) is 5.84. The zero-order chi connectivity index (χ0) is 13.9. The molecule has 0 aromatic heterocycles. The number of carbonyl (C=O) groups is 1. The first-order valence-corrected chi connectivity index (χ1v) is 8.10. The minimum Gasteiger partial charge on any atom is -0.466 e. The monoisotopic (exact) mass is 269 g/mol. The van der Waals surface area contributed by atoms with Gasteiger partial charge in [0.1, 0.15) is 0 Å². The molecule has 0 heterocycles. The van der Waals surface area contributed by atoms with Crippen molar-refractivity contribution in [1.82, 2.24) is 5.32 Å². The lowest BCUT2D eigenvalue weighted by Gasteiger charge is -2.28. The van der Waals surface area contributed by atoms with Gasteiger partial charge in [-0.25, -0.2) is 0 Å². The summed E-state index contributed by atoms with van der Waals surface area (Å²) in [6.07, 6.45) is 9.46. The Hall–Kier alpha value is -0.570. The molecule has 1 aliphatic carbocycles. The van der Waals surface area contributed by atoms with Gasteiger partial charge in [-0.2, -0.15) is 0 Å². The van der Waals surface area contributed by atoms with Crippen LogP contribution in [0.1, 0.15) is 65.2 Å². The van der Waals surface area contributed by atoms with E-state index in [1.165, 1.54) is 38.6 Å². The molecule has 1 saturated carbocycles. The maximum Gasteiger partial charge on any atom is 0.305 e. The van der Waals surface area contributed by atoms with Gasteiger partial charge in [-0.15, -0.1) is 0 Å². The summed E-state index contributed by atoms with van der Waals surface area (Å²) < 4.78 is 4.91. The van der Waals surface area contributed by atoms with Crippen molar-refractivity contribution >= 4 is 5.97 Å². The summed E-state index contributed by atoms with van der Waals surface area (Å²) >= 11 is 0. The van der Waals surface area contributed by atoms with Crippen LogP contribution in [-0.4, -0.2) is 25.7 Å². The number of carbonyl (C=O) groups excluding carboxylic acids is 1. The van der Waals surface area contributed by atoms with E-state index < -0.39 is 0 Å². The minimum absolute atomic E-state index is 0.0495. The van der Waals surface area contributed by atoms with Crippen molar-refractivity contribution in [2.75, 3.05) is 19.7 Å². The Bertz CT molecular complexity index is 243. The number of hydrogen-bond acceptors (Lipinski definition) is 3. The first-order chi connectivity index (χ1) is 9.24. The van der Waals surface area contributed by atoms with E-state index in [-0.39, 0.29) is 5.97 Å². The van der Waals surface area contributed by atoms with Crippen LogP contribution in [-0.2, 0) is 9.53 Å². The van der Waals surface area contributed by atoms with Gasteiger partial charge >= 0.3 is 5.97 Å². The predicted octanol–water partition coefficient (Wildman–Crippen LogP) is 3.53. The number of hydrogen-bond donors (Lipinski definition) is 1. The van der Waals surface area contributed by atoms with Crippen molar-refractivity contribution in [3.05, 3.63) is 0 Å². The molecule has 2 atom stereocenters. The smallest absolute Gasteiger partial charge is 0.305 e. The van der Waals surface area contributed by atoms with E-state index in [9.17, 15) is 4.79 Å². The van der Waals surface area contributed by atoms with Gasteiger partial charge in [0.15, 0.2) is 0 Å². The summed E-state index contributed by atoms with van der Waals surface area (Å²) in [5.41, 5.74) is 0. The first-order valence-electron chi connectivity index (χ1n) is 8.10. The molecular formula is C16H31NO2. The normalized spacial score (nSPS) is 23.3. The van der Waals surface area contributed by atoms with Gasteiger partial charge in [-0.05, 0) is 51.1 Å². The second-order valence-corrected chi connectivity index (χ2v) is 5.84. The highest BCUT2D eigenvalue weighted by Gasteiger charge is 2.20. The van der Waals surface area contributed by atoms with Gasteiger partial charge in [-0.3, -0.25) is 4.79 Å². The third-order valence-electron chi connectivity index (χ3n) is 4.24. The lowest BCUT2D eigenvalue weighted by atomic mass is 9.80. The summed E-state index contributed by atoms with van der Waals surface area (Å²) in [5, 5.41) is 3.58. The van der Waals surface area contributed by atoms with Gasteiger partial charge in [0, 0.05) is 6.42 Å². The maximum absolute atomic E-state index is 11.1. The molecule has 0 aliphatic heterocycles. The molecule has 0 amide bonds. The molecule has 0 aromatic rings. The molecule has 3 heteroatoms. The standard InChI is InChI=1S/C16H31NO2/c1-3-19-16(18)11-5-4-8-12-17-13-15-10-7-6-9-14(15)2/h14-15,17H,3-13H2,1-2H3. The van der Waals surface area contributed by atoms with Crippen molar-refractivity contribution in [2.24, 2.45) is 11.8 Å². The van der Waals surface area contributed by atoms with E-state index in [2.05, 4.69) is 12.2 Å². The summed E-state index contributed by atoms with van der Waals surface area (Å²) in [6, 6.07) is 0. The Morgan fingerprint density at radius 1 is 1.21 bits per heavy atom. The minimum atomic E-state index is -0.0495. The van der Waals surface area contributed by atoms with Crippen LogP contribution in [0.2, 0.25) is 0 Å². The van der Waals surface area contributed by atoms with Crippen LogP contribution in [0.4, 0.5) is 0 Å². The third-order valence-corrected chi connectivity index (χ3v) is 4.24. The van der Waals surface area contributed by atoms with E-state index in [0.29, 0.717) is 13.0 Å². The predicted molar refractivity (Wildman–Crippen MR) is 79.1 cm³/mol. The molecule has 3 nitrogen and oxygen atoms in total. The van der Waals surface area contributed by atoms with Crippen molar-refractivity contribution in [2.45, 2.75) is 65.2 Å². The lowest BCUT2D eigenvalue weighted by molar-refractivity contribution is -0.143. The first kappa shape index (κ1) is 16.5. The second kappa shape index (κ2) is 10.2. The van der Waals surface area contributed by atoms with Gasteiger partial charge in [0.2, 0.25) is 0 Å². The highest BCUT2D eigenvalue weighted by atomic mass is 16.5. The van der Waals surface area contributed by atoms with E-state index >= 15 is 0 Å². The van der Waals surface area contributed by atoms with Crippen LogP contribution in [0.5, 0.6) is 0 Å². The van der Waals surface area contributed by atoms with Crippen LogP contribution in [0.25, 0.3) is 0 Å². The molecular weight excluding hydrogens is 238 g/mol. The van der Waals surface area contributed by atoms with Gasteiger partial charge < -0.3 is 10.1 Å². The van der Waals surface area contributed by atoms with Crippen molar-refractivity contribution in [3.63, 3.8) is 0 Å². The average Bonchev–Trinajstić information content (AvgIpc) is 2.40. The summed E-state index contributed by atoms with van der Waals surface area (Å²) in [6.45, 7) is 7.02. The maximum atomic E-state index is 11.1. The Balaban J connectivity index is 1.89. The molecule has 0 bridgehead atoms. The highest BCUT2D eigenvalue weighted by Crippen LogP contribution is 2.28. The van der Waals surface area contributed by atoms with E-state index in [0.717, 1.165) is 31.2 Å². The lowest BCUT2D eigenvalue weighted by Crippen LogP contribution is -2.29. The van der Waals surface area contributed by atoms with Crippen LogP contribution >= 0.6 is 0 Å². The summed E-state index contributed by atoms with van der Waals surface area (Å²) in [7, 11) is 0. The molecule has 0 aromatic carbocycles. The molecule has 1 rings (SSSR count).